The number of likely N-dealkylation sites (tertiary alicyclic amines) is 1. The molecule has 28 heavy (non-hydrogen) atoms. The zero-order chi connectivity index (χ0) is 20.7. The fourth-order valence-corrected chi connectivity index (χ4v) is 2.91. The van der Waals surface area contributed by atoms with Gasteiger partial charge in [-0.15, -0.1) is 0 Å². The molecule has 1 aromatic carbocycles. The van der Waals surface area contributed by atoms with Crippen LogP contribution in [-0.4, -0.2) is 53.3 Å². The third-order valence-corrected chi connectivity index (χ3v) is 4.71. The van der Waals surface area contributed by atoms with E-state index in [9.17, 15) is 24.5 Å². The molecule has 0 aromatic heterocycles. The zero-order valence-corrected chi connectivity index (χ0v) is 16.1. The normalized spacial score (nSPS) is 15.6. The van der Waals surface area contributed by atoms with Crippen LogP contribution in [0.5, 0.6) is 0 Å². The third-order valence-electron chi connectivity index (χ3n) is 4.71. The molecule has 0 saturated carbocycles. The molecular formula is C19H25N3O6. The van der Waals surface area contributed by atoms with Crippen LogP contribution < -0.4 is 5.32 Å². The molecule has 0 bridgehead atoms. The minimum Gasteiger partial charge on any atom is -0.452 e. The molecule has 0 spiro atoms. The van der Waals surface area contributed by atoms with E-state index in [1.54, 1.807) is 11.8 Å². The molecule has 1 aliphatic rings. The topological polar surface area (TPSA) is 119 Å². The second kappa shape index (κ2) is 9.82. The number of carbonyl (C=O) groups is 3. The number of esters is 1. The highest BCUT2D eigenvalue weighted by Crippen LogP contribution is 2.17. The number of nitro groups is 1. The quantitative estimate of drug-likeness (QED) is 0.431. The SMILES string of the molecule is CC1CCN(C(=O)[C@@H](C)OC(=O)CCNC(=O)c2ccc([N+](=O)[O-])cc2)CC1. The van der Waals surface area contributed by atoms with Crippen molar-refractivity contribution in [2.24, 2.45) is 5.92 Å². The van der Waals surface area contributed by atoms with Gasteiger partial charge in [0.25, 0.3) is 17.5 Å². The molecule has 152 valence electrons. The predicted molar refractivity (Wildman–Crippen MR) is 101 cm³/mol. The molecule has 2 amide bonds. The standard InChI is InChI=1S/C19H25N3O6/c1-13-8-11-21(12-9-13)19(25)14(2)28-17(23)7-10-20-18(24)15-3-5-16(6-4-15)22(26)27/h3-6,13-14H,7-12H2,1-2H3,(H,20,24)/t14-/m1/s1. The molecule has 0 aliphatic carbocycles. The highest BCUT2D eigenvalue weighted by Gasteiger charge is 2.26. The van der Waals surface area contributed by atoms with Crippen LogP contribution in [0, 0.1) is 16.0 Å². The van der Waals surface area contributed by atoms with Gasteiger partial charge in [0.05, 0.1) is 11.3 Å². The number of hydrogen-bond donors (Lipinski definition) is 1. The van der Waals surface area contributed by atoms with Crippen LogP contribution in [0.3, 0.4) is 0 Å². The van der Waals surface area contributed by atoms with Gasteiger partial charge >= 0.3 is 5.97 Å². The molecule has 0 radical (unpaired) electrons. The number of nitrogens with zero attached hydrogens (tertiary/aromatic N) is 2. The van der Waals surface area contributed by atoms with Crippen molar-refractivity contribution < 1.29 is 24.0 Å². The van der Waals surface area contributed by atoms with Crippen LogP contribution in [0.1, 0.15) is 43.5 Å². The molecule has 1 aromatic rings. The monoisotopic (exact) mass is 391 g/mol. The Kier molecular flexibility index (Phi) is 7.48. The molecule has 1 aliphatic heterocycles. The Hall–Kier alpha value is -2.97. The van der Waals surface area contributed by atoms with Crippen LogP contribution in [0.4, 0.5) is 5.69 Å². The van der Waals surface area contributed by atoms with Crippen LogP contribution in [0.2, 0.25) is 0 Å². The van der Waals surface area contributed by atoms with Crippen LogP contribution in [-0.2, 0) is 14.3 Å². The van der Waals surface area contributed by atoms with Crippen molar-refractivity contribution in [3.8, 4) is 0 Å². The van der Waals surface area contributed by atoms with E-state index in [4.69, 9.17) is 4.74 Å². The van der Waals surface area contributed by atoms with Gasteiger partial charge < -0.3 is 15.0 Å². The Balaban J connectivity index is 1.72. The molecule has 1 saturated heterocycles. The number of nitrogens with one attached hydrogen (secondary N) is 1. The Labute approximate surface area is 163 Å². The summed E-state index contributed by atoms with van der Waals surface area (Å²) < 4.78 is 5.17. The Morgan fingerprint density at radius 1 is 1.25 bits per heavy atom. The highest BCUT2D eigenvalue weighted by molar-refractivity contribution is 5.94. The average Bonchev–Trinajstić information content (AvgIpc) is 2.67. The lowest BCUT2D eigenvalue weighted by atomic mass is 9.99. The number of hydrogen-bond acceptors (Lipinski definition) is 6. The van der Waals surface area contributed by atoms with Crippen LogP contribution in [0.25, 0.3) is 0 Å². The number of piperidine rings is 1. The summed E-state index contributed by atoms with van der Waals surface area (Å²) in [6.07, 6.45) is 0.960. The molecule has 9 heteroatoms. The number of non-ortho nitro benzene ring substituents is 1. The molecule has 0 unspecified atom stereocenters. The van der Waals surface area contributed by atoms with Gasteiger partial charge in [-0.3, -0.25) is 24.5 Å². The largest absolute Gasteiger partial charge is 0.452 e. The molecule has 2 rings (SSSR count). The second-order valence-corrected chi connectivity index (χ2v) is 6.95. The van der Waals surface area contributed by atoms with Crippen LogP contribution in [0.15, 0.2) is 24.3 Å². The van der Waals surface area contributed by atoms with Crippen molar-refractivity contribution >= 4 is 23.5 Å². The lowest BCUT2D eigenvalue weighted by molar-refractivity contribution is -0.384. The van der Waals surface area contributed by atoms with E-state index in [1.165, 1.54) is 24.3 Å². The number of benzene rings is 1. The zero-order valence-electron chi connectivity index (χ0n) is 16.1. The van der Waals surface area contributed by atoms with Crippen molar-refractivity contribution in [1.29, 1.82) is 0 Å². The maximum absolute atomic E-state index is 12.3. The predicted octanol–water partition coefficient (Wildman–Crippen LogP) is 1.90. The summed E-state index contributed by atoms with van der Waals surface area (Å²) in [4.78, 5) is 48.0. The first kappa shape index (κ1) is 21.3. The summed E-state index contributed by atoms with van der Waals surface area (Å²) in [5, 5.41) is 13.2. The number of amides is 2. The summed E-state index contributed by atoms with van der Waals surface area (Å²) in [5.74, 6) is -0.624. The maximum atomic E-state index is 12.3. The van der Waals surface area contributed by atoms with Gasteiger partial charge in [0.2, 0.25) is 0 Å². The number of rotatable bonds is 7. The highest BCUT2D eigenvalue weighted by atomic mass is 16.6. The minimum absolute atomic E-state index is 0.0385. The van der Waals surface area contributed by atoms with Crippen molar-refractivity contribution in [3.63, 3.8) is 0 Å². The lowest BCUT2D eigenvalue weighted by Gasteiger charge is -2.31. The fraction of sp³-hybridized carbons (Fsp3) is 0.526. The van der Waals surface area contributed by atoms with Gasteiger partial charge in [-0.05, 0) is 37.8 Å². The van der Waals surface area contributed by atoms with Crippen molar-refractivity contribution in [3.05, 3.63) is 39.9 Å². The summed E-state index contributed by atoms with van der Waals surface area (Å²) in [5.41, 5.74) is 0.142. The van der Waals surface area contributed by atoms with Gasteiger partial charge in [0.15, 0.2) is 6.10 Å². The van der Waals surface area contributed by atoms with Crippen molar-refractivity contribution in [2.45, 2.75) is 39.2 Å². The Morgan fingerprint density at radius 3 is 2.43 bits per heavy atom. The van der Waals surface area contributed by atoms with Gasteiger partial charge in [-0.2, -0.15) is 0 Å². The van der Waals surface area contributed by atoms with E-state index >= 15 is 0 Å². The molecule has 1 atom stereocenters. The van der Waals surface area contributed by atoms with E-state index in [0.29, 0.717) is 19.0 Å². The molecular weight excluding hydrogens is 366 g/mol. The maximum Gasteiger partial charge on any atom is 0.308 e. The van der Waals surface area contributed by atoms with Gasteiger partial charge in [-0.1, -0.05) is 6.92 Å². The number of carbonyl (C=O) groups excluding carboxylic acids is 3. The average molecular weight is 391 g/mol. The van der Waals surface area contributed by atoms with Gasteiger partial charge in [0, 0.05) is 37.3 Å². The first-order valence-electron chi connectivity index (χ1n) is 9.29. The molecule has 9 nitrogen and oxygen atoms in total. The summed E-state index contributed by atoms with van der Waals surface area (Å²) in [7, 11) is 0. The first-order chi connectivity index (χ1) is 13.3. The smallest absolute Gasteiger partial charge is 0.308 e. The number of ether oxygens (including phenoxy) is 1. The van der Waals surface area contributed by atoms with E-state index in [-0.39, 0.29) is 30.1 Å². The van der Waals surface area contributed by atoms with E-state index in [2.05, 4.69) is 12.2 Å². The molecule has 1 fully saturated rings. The third kappa shape index (κ3) is 6.04. The van der Waals surface area contributed by atoms with Crippen LogP contribution >= 0.6 is 0 Å². The summed E-state index contributed by atoms with van der Waals surface area (Å²) in [6, 6.07) is 5.15. The van der Waals surface area contributed by atoms with Crippen molar-refractivity contribution in [1.82, 2.24) is 10.2 Å². The lowest BCUT2D eigenvalue weighted by Crippen LogP contribution is -2.44. The second-order valence-electron chi connectivity index (χ2n) is 6.95. The first-order valence-corrected chi connectivity index (χ1v) is 9.29. The summed E-state index contributed by atoms with van der Waals surface area (Å²) in [6.45, 7) is 5.08. The van der Waals surface area contributed by atoms with Gasteiger partial charge in [0.1, 0.15) is 0 Å². The minimum atomic E-state index is -0.855. The van der Waals surface area contributed by atoms with Gasteiger partial charge in [-0.25, -0.2) is 0 Å². The molecule has 1 heterocycles. The number of nitro benzene ring substituents is 1. The fourth-order valence-electron chi connectivity index (χ4n) is 2.91. The molecule has 1 N–H and O–H groups in total. The van der Waals surface area contributed by atoms with E-state index in [0.717, 1.165) is 12.8 Å². The Bertz CT molecular complexity index is 726. The Morgan fingerprint density at radius 2 is 1.86 bits per heavy atom. The van der Waals surface area contributed by atoms with Crippen molar-refractivity contribution in [2.75, 3.05) is 19.6 Å². The van der Waals surface area contributed by atoms with E-state index in [1.807, 2.05) is 0 Å². The summed E-state index contributed by atoms with van der Waals surface area (Å²) >= 11 is 0. The van der Waals surface area contributed by atoms with E-state index < -0.39 is 22.9 Å².